The predicted molar refractivity (Wildman–Crippen MR) is 78.6 cm³/mol. The van der Waals surface area contributed by atoms with Gasteiger partial charge in [0.15, 0.2) is 5.11 Å². The molecule has 1 unspecified atom stereocenters. The van der Waals surface area contributed by atoms with Gasteiger partial charge in [-0.2, -0.15) is 0 Å². The molecule has 1 N–H and O–H groups in total. The summed E-state index contributed by atoms with van der Waals surface area (Å²) in [6, 6.07) is 5.55. The molecule has 0 aromatic carbocycles. The molecule has 20 heavy (non-hydrogen) atoms. The molecular weight excluding hydrogens is 274 g/mol. The Labute approximate surface area is 122 Å². The van der Waals surface area contributed by atoms with Crippen LogP contribution in [0, 0.1) is 0 Å². The Kier molecular flexibility index (Phi) is 3.75. The number of rotatable bonds is 3. The van der Waals surface area contributed by atoms with E-state index in [2.05, 4.69) is 10.3 Å². The van der Waals surface area contributed by atoms with E-state index < -0.39 is 0 Å². The largest absolute Gasteiger partial charge is 0.376 e. The van der Waals surface area contributed by atoms with Gasteiger partial charge in [0.1, 0.15) is 5.70 Å². The highest BCUT2D eigenvalue weighted by atomic mass is 32.1. The zero-order valence-electron chi connectivity index (χ0n) is 10.9. The molecule has 3 rings (SSSR count). The van der Waals surface area contributed by atoms with Gasteiger partial charge in [0.25, 0.3) is 5.91 Å². The summed E-state index contributed by atoms with van der Waals surface area (Å²) in [4.78, 5) is 18.1. The van der Waals surface area contributed by atoms with E-state index in [0.29, 0.717) is 17.4 Å². The van der Waals surface area contributed by atoms with Gasteiger partial charge in [-0.05, 0) is 43.3 Å². The summed E-state index contributed by atoms with van der Waals surface area (Å²) >= 11 is 5.22. The quantitative estimate of drug-likeness (QED) is 0.672. The highest BCUT2D eigenvalue weighted by Crippen LogP contribution is 2.18. The van der Waals surface area contributed by atoms with E-state index in [-0.39, 0.29) is 12.0 Å². The Balaban J connectivity index is 1.74. The maximum absolute atomic E-state index is 12.3. The second kappa shape index (κ2) is 5.68. The zero-order chi connectivity index (χ0) is 13.9. The highest BCUT2D eigenvalue weighted by molar-refractivity contribution is 7.80. The first-order valence-electron chi connectivity index (χ1n) is 6.61. The molecule has 1 amide bonds. The van der Waals surface area contributed by atoms with Gasteiger partial charge in [0.05, 0.1) is 18.3 Å². The first kappa shape index (κ1) is 13.2. The minimum absolute atomic E-state index is 0.0906. The van der Waals surface area contributed by atoms with Crippen LogP contribution < -0.4 is 5.32 Å². The summed E-state index contributed by atoms with van der Waals surface area (Å²) in [5, 5.41) is 3.39. The Bertz CT molecular complexity index is 553. The third-order valence-electron chi connectivity index (χ3n) is 3.35. The Morgan fingerprint density at radius 1 is 1.55 bits per heavy atom. The number of hydrogen-bond acceptors (Lipinski definition) is 4. The Morgan fingerprint density at radius 3 is 3.15 bits per heavy atom. The second-order valence-electron chi connectivity index (χ2n) is 4.79. The predicted octanol–water partition coefficient (Wildman–Crippen LogP) is 1.32. The summed E-state index contributed by atoms with van der Waals surface area (Å²) in [5.74, 6) is -0.115. The summed E-state index contributed by atoms with van der Waals surface area (Å²) in [7, 11) is 0. The Hall–Kier alpha value is -1.79. The number of ether oxygens (including phenoxy) is 1. The van der Waals surface area contributed by atoms with Gasteiger partial charge >= 0.3 is 0 Å². The van der Waals surface area contributed by atoms with E-state index in [1.54, 1.807) is 17.2 Å². The SMILES string of the molecule is O=C1/C(=C\c2ccccn2)NC(=S)N1CC1CCCO1. The lowest BCUT2D eigenvalue weighted by Gasteiger charge is -2.18. The van der Waals surface area contributed by atoms with Crippen LogP contribution in [-0.4, -0.2) is 40.2 Å². The summed E-state index contributed by atoms with van der Waals surface area (Å²) in [6.45, 7) is 1.29. The number of thiocarbonyl (C=S) groups is 1. The molecule has 1 atom stereocenters. The van der Waals surface area contributed by atoms with Crippen molar-refractivity contribution in [2.45, 2.75) is 18.9 Å². The minimum atomic E-state index is -0.115. The average Bonchev–Trinajstić information content (AvgIpc) is 3.05. The molecule has 0 radical (unpaired) electrons. The molecule has 3 heterocycles. The molecule has 0 bridgehead atoms. The molecule has 2 saturated heterocycles. The van der Waals surface area contributed by atoms with Crippen molar-refractivity contribution < 1.29 is 9.53 Å². The van der Waals surface area contributed by atoms with Crippen LogP contribution in [0.3, 0.4) is 0 Å². The molecule has 2 aliphatic rings. The molecule has 0 aliphatic carbocycles. The normalized spacial score (nSPS) is 24.5. The van der Waals surface area contributed by atoms with Crippen LogP contribution in [0.4, 0.5) is 0 Å². The molecule has 104 valence electrons. The molecule has 6 heteroatoms. The first-order valence-corrected chi connectivity index (χ1v) is 7.02. The molecule has 2 aliphatic heterocycles. The van der Waals surface area contributed by atoms with Gasteiger partial charge < -0.3 is 10.1 Å². The fraction of sp³-hybridized carbons (Fsp3) is 0.357. The van der Waals surface area contributed by atoms with Gasteiger partial charge in [-0.15, -0.1) is 0 Å². The minimum Gasteiger partial charge on any atom is -0.376 e. The lowest BCUT2D eigenvalue weighted by Crippen LogP contribution is -2.37. The van der Waals surface area contributed by atoms with Gasteiger partial charge in [-0.1, -0.05) is 6.07 Å². The number of carbonyl (C=O) groups is 1. The number of amides is 1. The van der Waals surface area contributed by atoms with E-state index in [1.807, 2.05) is 18.2 Å². The van der Waals surface area contributed by atoms with Crippen LogP contribution in [0.1, 0.15) is 18.5 Å². The average molecular weight is 289 g/mol. The van der Waals surface area contributed by atoms with Crippen molar-refractivity contribution in [1.29, 1.82) is 0 Å². The zero-order valence-corrected chi connectivity index (χ0v) is 11.7. The van der Waals surface area contributed by atoms with Crippen molar-refractivity contribution in [3.8, 4) is 0 Å². The molecule has 1 aromatic rings. The molecular formula is C14H15N3O2S. The van der Waals surface area contributed by atoms with Crippen molar-refractivity contribution in [3.05, 3.63) is 35.8 Å². The number of aromatic nitrogens is 1. The van der Waals surface area contributed by atoms with Crippen molar-refractivity contribution in [2.75, 3.05) is 13.2 Å². The Morgan fingerprint density at radius 2 is 2.45 bits per heavy atom. The third kappa shape index (κ3) is 2.71. The third-order valence-corrected chi connectivity index (χ3v) is 3.67. The number of hydrogen-bond donors (Lipinski definition) is 1. The number of nitrogens with zero attached hydrogens (tertiary/aromatic N) is 2. The maximum atomic E-state index is 12.3. The number of carbonyl (C=O) groups excluding carboxylic acids is 1. The van der Waals surface area contributed by atoms with Crippen LogP contribution in [0.5, 0.6) is 0 Å². The van der Waals surface area contributed by atoms with E-state index >= 15 is 0 Å². The van der Waals surface area contributed by atoms with Gasteiger partial charge in [0.2, 0.25) is 0 Å². The van der Waals surface area contributed by atoms with Gasteiger partial charge in [-0.25, -0.2) is 0 Å². The summed E-state index contributed by atoms with van der Waals surface area (Å²) in [5.41, 5.74) is 1.19. The van der Waals surface area contributed by atoms with E-state index in [9.17, 15) is 4.79 Å². The summed E-state index contributed by atoms with van der Waals surface area (Å²) in [6.07, 6.45) is 5.51. The van der Waals surface area contributed by atoms with Crippen LogP contribution in [0.2, 0.25) is 0 Å². The second-order valence-corrected chi connectivity index (χ2v) is 5.18. The van der Waals surface area contributed by atoms with Crippen molar-refractivity contribution in [2.24, 2.45) is 0 Å². The lowest BCUT2D eigenvalue weighted by atomic mass is 10.2. The number of nitrogens with one attached hydrogen (secondary N) is 1. The van der Waals surface area contributed by atoms with Crippen LogP contribution in [-0.2, 0) is 9.53 Å². The molecule has 2 fully saturated rings. The fourth-order valence-electron chi connectivity index (χ4n) is 2.34. The topological polar surface area (TPSA) is 54.5 Å². The molecule has 0 spiro atoms. The van der Waals surface area contributed by atoms with Crippen molar-refractivity contribution >= 4 is 29.3 Å². The standard InChI is InChI=1S/C14H15N3O2S/c18-13-12(8-10-4-1-2-6-15-10)16-14(20)17(13)9-11-5-3-7-19-11/h1-2,4,6,8,11H,3,5,7,9H2,(H,16,20)/b12-8+. The van der Waals surface area contributed by atoms with Crippen LogP contribution >= 0.6 is 12.2 Å². The van der Waals surface area contributed by atoms with Gasteiger partial charge in [-0.3, -0.25) is 14.7 Å². The number of pyridine rings is 1. The van der Waals surface area contributed by atoms with E-state index in [4.69, 9.17) is 17.0 Å². The molecule has 5 nitrogen and oxygen atoms in total. The smallest absolute Gasteiger partial charge is 0.276 e. The van der Waals surface area contributed by atoms with Crippen LogP contribution in [0.15, 0.2) is 30.1 Å². The molecule has 1 aromatic heterocycles. The monoisotopic (exact) mass is 289 g/mol. The van der Waals surface area contributed by atoms with E-state index in [0.717, 1.165) is 25.1 Å². The highest BCUT2D eigenvalue weighted by Gasteiger charge is 2.33. The lowest BCUT2D eigenvalue weighted by molar-refractivity contribution is -0.123. The van der Waals surface area contributed by atoms with Crippen molar-refractivity contribution in [3.63, 3.8) is 0 Å². The first-order chi connectivity index (χ1) is 9.74. The van der Waals surface area contributed by atoms with Gasteiger partial charge in [0, 0.05) is 12.8 Å². The summed E-state index contributed by atoms with van der Waals surface area (Å²) < 4.78 is 5.55. The van der Waals surface area contributed by atoms with E-state index in [1.165, 1.54) is 0 Å². The maximum Gasteiger partial charge on any atom is 0.276 e. The molecule has 0 saturated carbocycles. The van der Waals surface area contributed by atoms with Crippen LogP contribution in [0.25, 0.3) is 6.08 Å². The fourth-order valence-corrected chi connectivity index (χ4v) is 2.61. The van der Waals surface area contributed by atoms with Crippen molar-refractivity contribution in [1.82, 2.24) is 15.2 Å².